The van der Waals surface area contributed by atoms with Crippen molar-refractivity contribution in [1.29, 1.82) is 0 Å². The lowest BCUT2D eigenvalue weighted by Crippen LogP contribution is -2.32. The van der Waals surface area contributed by atoms with Gasteiger partial charge in [-0.15, -0.1) is 0 Å². The molecule has 4 rings (SSSR count). The van der Waals surface area contributed by atoms with Crippen molar-refractivity contribution in [3.05, 3.63) is 72.3 Å². The molecule has 0 aromatic heterocycles. The zero-order chi connectivity index (χ0) is 17.8. The molecule has 0 saturated heterocycles. The molecule has 0 amide bonds. The fourth-order valence-electron chi connectivity index (χ4n) is 3.19. The van der Waals surface area contributed by atoms with Crippen molar-refractivity contribution in [3.63, 3.8) is 0 Å². The molecule has 1 aliphatic rings. The number of benzene rings is 3. The predicted octanol–water partition coefficient (Wildman–Crippen LogP) is 3.29. The molecule has 0 radical (unpaired) electrons. The molecule has 128 valence electrons. The van der Waals surface area contributed by atoms with Crippen LogP contribution in [-0.2, 0) is 20.0 Å². The Labute approximate surface area is 146 Å². The summed E-state index contributed by atoms with van der Waals surface area (Å²) < 4.78 is 52.6. The van der Waals surface area contributed by atoms with Crippen LogP contribution in [-0.4, -0.2) is 20.5 Å². The molecule has 0 saturated carbocycles. The highest BCUT2D eigenvalue weighted by Crippen LogP contribution is 2.43. The van der Waals surface area contributed by atoms with Crippen LogP contribution < -0.4 is 0 Å². The summed E-state index contributed by atoms with van der Waals surface area (Å²) in [5, 5.41) is 1.38. The largest absolute Gasteiger partial charge is 0.258 e. The van der Waals surface area contributed by atoms with Crippen molar-refractivity contribution in [2.45, 2.75) is 22.8 Å². The van der Waals surface area contributed by atoms with Crippen LogP contribution in [0.25, 0.3) is 10.8 Å². The Morgan fingerprint density at radius 2 is 1.16 bits per heavy atom. The van der Waals surface area contributed by atoms with E-state index in [0.717, 1.165) is 0 Å². The lowest BCUT2D eigenvalue weighted by Gasteiger charge is -2.21. The molecule has 5 nitrogen and oxygen atoms in total. The van der Waals surface area contributed by atoms with E-state index in [1.54, 1.807) is 61.5 Å². The highest BCUT2D eigenvalue weighted by Gasteiger charge is 2.50. The van der Waals surface area contributed by atoms with Gasteiger partial charge in [0.2, 0.25) is 0 Å². The standard InChI is InChI=1S/C18H15NO4S2/c1-13(14-7-3-2-4-8-14)19-24(20,21)17-11-15-9-5-6-10-16(15)12-18(17)25(19,22)23/h2-13H,1H3/t13-/m0/s1. The van der Waals surface area contributed by atoms with Crippen molar-refractivity contribution < 1.29 is 16.8 Å². The Balaban J connectivity index is 1.98. The van der Waals surface area contributed by atoms with Gasteiger partial charge in [-0.3, -0.25) is 0 Å². The second-order valence-electron chi connectivity index (χ2n) is 5.97. The zero-order valence-corrected chi connectivity index (χ0v) is 15.0. The molecule has 25 heavy (non-hydrogen) atoms. The van der Waals surface area contributed by atoms with Crippen LogP contribution in [0, 0.1) is 0 Å². The average molecular weight is 373 g/mol. The molecule has 0 fully saturated rings. The fourth-order valence-corrected chi connectivity index (χ4v) is 7.98. The fraction of sp³-hybridized carbons (Fsp3) is 0.111. The third-order valence-electron chi connectivity index (χ3n) is 4.44. The molecule has 0 bridgehead atoms. The van der Waals surface area contributed by atoms with Crippen molar-refractivity contribution in [1.82, 2.24) is 3.71 Å². The average Bonchev–Trinajstić information content (AvgIpc) is 2.75. The molecular weight excluding hydrogens is 358 g/mol. The monoisotopic (exact) mass is 373 g/mol. The topological polar surface area (TPSA) is 71.5 Å². The zero-order valence-electron chi connectivity index (χ0n) is 13.3. The van der Waals surface area contributed by atoms with Crippen molar-refractivity contribution in [3.8, 4) is 0 Å². The number of nitrogens with zero attached hydrogens (tertiary/aromatic N) is 1. The Kier molecular flexibility index (Phi) is 3.50. The van der Waals surface area contributed by atoms with Gasteiger partial charge in [0.1, 0.15) is 9.79 Å². The summed E-state index contributed by atoms with van der Waals surface area (Å²) in [4.78, 5) is -0.317. The van der Waals surface area contributed by atoms with Crippen LogP contribution in [0.4, 0.5) is 0 Å². The molecule has 3 aromatic carbocycles. The van der Waals surface area contributed by atoms with Gasteiger partial charge in [-0.1, -0.05) is 58.3 Å². The van der Waals surface area contributed by atoms with Crippen LogP contribution in [0.15, 0.2) is 76.5 Å². The lowest BCUT2D eigenvalue weighted by molar-refractivity contribution is 0.458. The first kappa shape index (κ1) is 16.3. The first-order valence-corrected chi connectivity index (χ1v) is 10.6. The number of sulfonamides is 2. The summed E-state index contributed by atoms with van der Waals surface area (Å²) in [5.74, 6) is 0. The van der Waals surface area contributed by atoms with Gasteiger partial charge in [-0.05, 0) is 35.4 Å². The molecule has 7 heteroatoms. The summed E-state index contributed by atoms with van der Waals surface area (Å²) >= 11 is 0. The number of rotatable bonds is 2. The van der Waals surface area contributed by atoms with Crippen LogP contribution in [0.3, 0.4) is 0 Å². The molecular formula is C18H15NO4S2. The van der Waals surface area contributed by atoms with Crippen molar-refractivity contribution >= 4 is 30.8 Å². The maximum atomic E-state index is 13.0. The minimum atomic E-state index is -4.15. The lowest BCUT2D eigenvalue weighted by atomic mass is 10.1. The van der Waals surface area contributed by atoms with E-state index >= 15 is 0 Å². The molecule has 0 spiro atoms. The van der Waals surface area contributed by atoms with Gasteiger partial charge in [-0.25, -0.2) is 16.8 Å². The molecule has 1 aliphatic heterocycles. The van der Waals surface area contributed by atoms with E-state index in [9.17, 15) is 16.8 Å². The van der Waals surface area contributed by atoms with Gasteiger partial charge < -0.3 is 0 Å². The van der Waals surface area contributed by atoms with E-state index in [1.807, 2.05) is 0 Å². The van der Waals surface area contributed by atoms with Crippen molar-refractivity contribution in [2.24, 2.45) is 0 Å². The number of hydrogen-bond acceptors (Lipinski definition) is 4. The van der Waals surface area contributed by atoms with Crippen LogP contribution in [0.2, 0.25) is 0 Å². The summed E-state index contributed by atoms with van der Waals surface area (Å²) in [7, 11) is -8.30. The van der Waals surface area contributed by atoms with E-state index in [-0.39, 0.29) is 9.79 Å². The van der Waals surface area contributed by atoms with Gasteiger partial charge in [0, 0.05) is 0 Å². The summed E-state index contributed by atoms with van der Waals surface area (Å²) in [6.07, 6.45) is 0. The van der Waals surface area contributed by atoms with Gasteiger partial charge in [0.05, 0.1) is 6.04 Å². The molecule has 0 N–H and O–H groups in total. The summed E-state index contributed by atoms with van der Waals surface area (Å²) in [6, 6.07) is 17.9. The first-order chi connectivity index (χ1) is 11.8. The van der Waals surface area contributed by atoms with E-state index in [2.05, 4.69) is 0 Å². The number of fused-ring (bicyclic) bond motifs is 2. The molecule has 1 heterocycles. The van der Waals surface area contributed by atoms with Gasteiger partial charge in [0.25, 0.3) is 20.0 Å². The Morgan fingerprint density at radius 3 is 1.64 bits per heavy atom. The maximum absolute atomic E-state index is 13.0. The summed E-state index contributed by atoms with van der Waals surface area (Å²) in [5.41, 5.74) is 0.618. The Bertz CT molecular complexity index is 1110. The van der Waals surface area contributed by atoms with Crippen molar-refractivity contribution in [2.75, 3.05) is 0 Å². The molecule has 1 atom stereocenters. The number of hydrogen-bond donors (Lipinski definition) is 0. The van der Waals surface area contributed by atoms with Gasteiger partial charge in [0.15, 0.2) is 0 Å². The summed E-state index contributed by atoms with van der Waals surface area (Å²) in [6.45, 7) is 1.58. The minimum Gasteiger partial charge on any atom is -0.206 e. The van der Waals surface area contributed by atoms with E-state index < -0.39 is 26.1 Å². The van der Waals surface area contributed by atoms with E-state index in [4.69, 9.17) is 0 Å². The quantitative estimate of drug-likeness (QED) is 0.691. The maximum Gasteiger partial charge on any atom is 0.258 e. The predicted molar refractivity (Wildman–Crippen MR) is 95.0 cm³/mol. The van der Waals surface area contributed by atoms with E-state index in [0.29, 0.717) is 20.0 Å². The minimum absolute atomic E-state index is 0.158. The molecule has 3 aromatic rings. The van der Waals surface area contributed by atoms with Crippen LogP contribution in [0.1, 0.15) is 18.5 Å². The van der Waals surface area contributed by atoms with Crippen LogP contribution >= 0.6 is 0 Å². The highest BCUT2D eigenvalue weighted by atomic mass is 32.3. The molecule has 0 unspecified atom stereocenters. The first-order valence-electron chi connectivity index (χ1n) is 7.71. The highest BCUT2D eigenvalue weighted by molar-refractivity contribution is 8.06. The second-order valence-corrected chi connectivity index (χ2v) is 9.77. The third-order valence-corrected chi connectivity index (χ3v) is 9.11. The van der Waals surface area contributed by atoms with Gasteiger partial charge >= 0.3 is 0 Å². The second kappa shape index (κ2) is 5.39. The molecule has 0 aliphatic carbocycles. The van der Waals surface area contributed by atoms with Gasteiger partial charge in [-0.2, -0.15) is 0 Å². The Hall–Kier alpha value is -2.22. The van der Waals surface area contributed by atoms with Crippen LogP contribution in [0.5, 0.6) is 0 Å². The normalized spacial score (nSPS) is 19.6. The van der Waals surface area contributed by atoms with E-state index in [1.165, 1.54) is 12.1 Å². The SMILES string of the molecule is C[C@@H](c1ccccc1)N1S(=O)(=O)c2cc3ccccc3cc2S1(=O)=O. The Morgan fingerprint density at radius 1 is 0.720 bits per heavy atom. The third kappa shape index (κ3) is 2.31. The smallest absolute Gasteiger partial charge is 0.206 e.